The summed E-state index contributed by atoms with van der Waals surface area (Å²) in [5, 5.41) is 2.14. The van der Waals surface area contributed by atoms with Crippen LogP contribution in [0.5, 0.6) is 0 Å². The standard InChI is InChI=1S/C17H21BrN2S/c18-14-8-11-21-15(14)12-16(20-19)17(9-4-5-10-17)13-6-2-1-3-7-13/h1-3,6-8,11,16,20H,4-5,9-10,12,19H2. The highest BCUT2D eigenvalue weighted by molar-refractivity contribution is 9.10. The number of hydrogen-bond donors (Lipinski definition) is 2. The van der Waals surface area contributed by atoms with Crippen LogP contribution in [0.4, 0.5) is 0 Å². The monoisotopic (exact) mass is 364 g/mol. The Hall–Kier alpha value is -0.680. The van der Waals surface area contributed by atoms with Crippen LogP contribution < -0.4 is 11.3 Å². The highest BCUT2D eigenvalue weighted by Gasteiger charge is 2.42. The Morgan fingerprint density at radius 2 is 1.90 bits per heavy atom. The van der Waals surface area contributed by atoms with Gasteiger partial charge in [0.2, 0.25) is 0 Å². The van der Waals surface area contributed by atoms with E-state index in [2.05, 4.69) is 63.1 Å². The molecule has 21 heavy (non-hydrogen) atoms. The lowest BCUT2D eigenvalue weighted by Gasteiger charge is -2.38. The van der Waals surface area contributed by atoms with Crippen molar-refractivity contribution >= 4 is 27.3 Å². The van der Waals surface area contributed by atoms with Crippen molar-refractivity contribution in [1.82, 2.24) is 5.43 Å². The summed E-state index contributed by atoms with van der Waals surface area (Å²) in [6.45, 7) is 0. The predicted molar refractivity (Wildman–Crippen MR) is 93.4 cm³/mol. The van der Waals surface area contributed by atoms with Crippen LogP contribution in [-0.4, -0.2) is 6.04 Å². The lowest BCUT2D eigenvalue weighted by molar-refractivity contribution is 0.297. The normalized spacial score (nSPS) is 18.8. The Morgan fingerprint density at radius 1 is 1.19 bits per heavy atom. The number of rotatable bonds is 5. The Morgan fingerprint density at radius 3 is 2.48 bits per heavy atom. The molecule has 0 radical (unpaired) electrons. The quantitative estimate of drug-likeness (QED) is 0.609. The van der Waals surface area contributed by atoms with Crippen molar-refractivity contribution in [2.24, 2.45) is 5.84 Å². The first-order valence-electron chi connectivity index (χ1n) is 7.50. The highest BCUT2D eigenvalue weighted by Crippen LogP contribution is 2.45. The molecule has 1 aliphatic rings. The molecule has 1 aliphatic carbocycles. The lowest BCUT2D eigenvalue weighted by Crippen LogP contribution is -2.51. The molecule has 1 aromatic carbocycles. The lowest BCUT2D eigenvalue weighted by atomic mass is 9.71. The number of benzene rings is 1. The molecule has 3 rings (SSSR count). The van der Waals surface area contributed by atoms with Gasteiger partial charge in [0.25, 0.3) is 0 Å². The predicted octanol–water partition coefficient (Wildman–Crippen LogP) is 4.40. The average molecular weight is 365 g/mol. The van der Waals surface area contributed by atoms with Crippen molar-refractivity contribution in [3.8, 4) is 0 Å². The van der Waals surface area contributed by atoms with Crippen molar-refractivity contribution < 1.29 is 0 Å². The van der Waals surface area contributed by atoms with Gasteiger partial charge >= 0.3 is 0 Å². The summed E-state index contributed by atoms with van der Waals surface area (Å²) in [4.78, 5) is 1.38. The van der Waals surface area contributed by atoms with Gasteiger partial charge in [-0.25, -0.2) is 0 Å². The first-order valence-corrected chi connectivity index (χ1v) is 9.17. The summed E-state index contributed by atoms with van der Waals surface area (Å²) in [5.41, 5.74) is 4.73. The second-order valence-electron chi connectivity index (χ2n) is 5.84. The smallest absolute Gasteiger partial charge is 0.0355 e. The zero-order chi connectivity index (χ0) is 14.7. The maximum absolute atomic E-state index is 5.98. The van der Waals surface area contributed by atoms with Crippen LogP contribution in [0.1, 0.15) is 36.1 Å². The van der Waals surface area contributed by atoms with E-state index in [9.17, 15) is 0 Å². The van der Waals surface area contributed by atoms with Gasteiger partial charge < -0.3 is 0 Å². The van der Waals surface area contributed by atoms with Gasteiger partial charge in [-0.3, -0.25) is 11.3 Å². The molecule has 0 amide bonds. The van der Waals surface area contributed by atoms with Crippen molar-refractivity contribution in [3.05, 3.63) is 56.7 Å². The van der Waals surface area contributed by atoms with Gasteiger partial charge in [-0.2, -0.15) is 0 Å². The molecule has 0 saturated heterocycles. The van der Waals surface area contributed by atoms with Crippen molar-refractivity contribution in [3.63, 3.8) is 0 Å². The molecule has 1 fully saturated rings. The molecule has 3 N–H and O–H groups in total. The molecule has 2 nitrogen and oxygen atoms in total. The van der Waals surface area contributed by atoms with Gasteiger partial charge in [-0.1, -0.05) is 43.2 Å². The van der Waals surface area contributed by atoms with Gasteiger partial charge in [0.05, 0.1) is 0 Å². The third-order valence-electron chi connectivity index (χ3n) is 4.79. The minimum Gasteiger partial charge on any atom is -0.271 e. The molecular weight excluding hydrogens is 344 g/mol. The second kappa shape index (κ2) is 6.61. The van der Waals surface area contributed by atoms with E-state index in [1.807, 2.05) is 0 Å². The fraction of sp³-hybridized carbons (Fsp3) is 0.412. The van der Waals surface area contributed by atoms with Crippen molar-refractivity contribution in [2.45, 2.75) is 43.6 Å². The Balaban J connectivity index is 1.93. The summed E-state index contributed by atoms with van der Waals surface area (Å²) in [5.74, 6) is 5.98. The minimum atomic E-state index is 0.166. The summed E-state index contributed by atoms with van der Waals surface area (Å²) in [6, 6.07) is 13.3. The van der Waals surface area contributed by atoms with Crippen molar-refractivity contribution in [1.29, 1.82) is 0 Å². The molecule has 1 heterocycles. The van der Waals surface area contributed by atoms with Crippen LogP contribution in [0, 0.1) is 0 Å². The summed E-state index contributed by atoms with van der Waals surface area (Å²) < 4.78 is 1.20. The zero-order valence-electron chi connectivity index (χ0n) is 12.0. The molecule has 2 aromatic rings. The number of thiophene rings is 1. The maximum atomic E-state index is 5.98. The van der Waals surface area contributed by atoms with Gasteiger partial charge in [0, 0.05) is 27.2 Å². The number of hydrogen-bond acceptors (Lipinski definition) is 3. The second-order valence-corrected chi connectivity index (χ2v) is 7.70. The average Bonchev–Trinajstić information content (AvgIpc) is 3.16. The molecule has 0 aliphatic heterocycles. The molecule has 0 spiro atoms. The summed E-state index contributed by atoms with van der Waals surface area (Å²) in [6.07, 6.45) is 5.99. The molecule has 1 atom stereocenters. The SMILES string of the molecule is NNC(Cc1sccc1Br)C1(c2ccccc2)CCCC1. The molecule has 1 saturated carbocycles. The topological polar surface area (TPSA) is 38.0 Å². The molecule has 1 unspecified atom stereocenters. The van der Waals surface area contributed by atoms with E-state index >= 15 is 0 Å². The third-order valence-corrected chi connectivity index (χ3v) is 6.74. The molecular formula is C17H21BrN2S. The largest absolute Gasteiger partial charge is 0.271 e. The van der Waals surface area contributed by atoms with E-state index in [1.165, 1.54) is 40.6 Å². The molecule has 1 aromatic heterocycles. The fourth-order valence-electron chi connectivity index (χ4n) is 3.68. The van der Waals surface area contributed by atoms with Gasteiger partial charge in [-0.05, 0) is 45.8 Å². The first kappa shape index (κ1) is 15.2. The highest BCUT2D eigenvalue weighted by atomic mass is 79.9. The molecule has 112 valence electrons. The van der Waals surface area contributed by atoms with E-state index in [0.717, 1.165) is 6.42 Å². The van der Waals surface area contributed by atoms with Crippen LogP contribution in [0.25, 0.3) is 0 Å². The number of nitrogens with one attached hydrogen (secondary N) is 1. The number of halogens is 1. The number of nitrogens with two attached hydrogens (primary N) is 1. The fourth-order valence-corrected chi connectivity index (χ4v) is 5.25. The zero-order valence-corrected chi connectivity index (χ0v) is 14.4. The van der Waals surface area contributed by atoms with Gasteiger partial charge in [-0.15, -0.1) is 11.3 Å². The van der Waals surface area contributed by atoms with E-state index in [1.54, 1.807) is 11.3 Å². The first-order chi connectivity index (χ1) is 10.3. The number of hydrazine groups is 1. The van der Waals surface area contributed by atoms with E-state index in [0.29, 0.717) is 0 Å². The van der Waals surface area contributed by atoms with Crippen molar-refractivity contribution in [2.75, 3.05) is 0 Å². The summed E-state index contributed by atoms with van der Waals surface area (Å²) in [7, 11) is 0. The summed E-state index contributed by atoms with van der Waals surface area (Å²) >= 11 is 5.45. The maximum Gasteiger partial charge on any atom is 0.0355 e. The Kier molecular flexibility index (Phi) is 4.79. The minimum absolute atomic E-state index is 0.166. The van der Waals surface area contributed by atoms with Crippen LogP contribution in [0.15, 0.2) is 46.3 Å². The van der Waals surface area contributed by atoms with Crippen LogP contribution in [-0.2, 0) is 11.8 Å². The Labute approximate surface area is 138 Å². The van der Waals surface area contributed by atoms with Crippen LogP contribution in [0.2, 0.25) is 0 Å². The van der Waals surface area contributed by atoms with Gasteiger partial charge in [0.1, 0.15) is 0 Å². The van der Waals surface area contributed by atoms with Crippen LogP contribution >= 0.6 is 27.3 Å². The van der Waals surface area contributed by atoms with E-state index < -0.39 is 0 Å². The van der Waals surface area contributed by atoms with Gasteiger partial charge in [0.15, 0.2) is 0 Å². The van der Waals surface area contributed by atoms with E-state index in [4.69, 9.17) is 5.84 Å². The third kappa shape index (κ3) is 2.95. The van der Waals surface area contributed by atoms with E-state index in [-0.39, 0.29) is 11.5 Å². The van der Waals surface area contributed by atoms with Crippen LogP contribution in [0.3, 0.4) is 0 Å². The Bertz CT molecular complexity index is 575. The molecule has 0 bridgehead atoms. The molecule has 4 heteroatoms.